The molecule has 2 aromatic carbocycles. The first kappa shape index (κ1) is 19.0. The standard InChI is InChI=1S/C20H14F3N3O2S/c21-13-7-5-12(6-8-13)16-10-26-14(11-29-20(26)25-16)9-18(27)24-15-3-1-2-4-17(15)28-19(22)23/h1-8,10-11,19H,9H2,(H,24,27). The fourth-order valence-corrected chi connectivity index (χ4v) is 3.72. The van der Waals surface area contributed by atoms with Crippen molar-refractivity contribution in [2.45, 2.75) is 13.0 Å². The van der Waals surface area contributed by atoms with Gasteiger partial charge in [0.15, 0.2) is 4.96 Å². The molecule has 1 N–H and O–H groups in total. The van der Waals surface area contributed by atoms with Crippen molar-refractivity contribution in [3.8, 4) is 17.0 Å². The Balaban J connectivity index is 1.52. The number of anilines is 1. The van der Waals surface area contributed by atoms with Crippen LogP contribution in [0, 0.1) is 5.82 Å². The number of carbonyl (C=O) groups excluding carboxylic acids is 1. The number of hydrogen-bond acceptors (Lipinski definition) is 4. The highest BCUT2D eigenvalue weighted by Crippen LogP contribution is 2.27. The summed E-state index contributed by atoms with van der Waals surface area (Å²) >= 11 is 1.37. The summed E-state index contributed by atoms with van der Waals surface area (Å²) in [6.07, 6.45) is 1.79. The molecule has 0 atom stereocenters. The van der Waals surface area contributed by atoms with E-state index in [2.05, 4.69) is 15.0 Å². The van der Waals surface area contributed by atoms with Gasteiger partial charge in [0.05, 0.1) is 17.8 Å². The van der Waals surface area contributed by atoms with Gasteiger partial charge in [-0.1, -0.05) is 12.1 Å². The number of para-hydroxylation sites is 2. The number of nitrogens with one attached hydrogen (secondary N) is 1. The maximum absolute atomic E-state index is 13.1. The number of ether oxygens (including phenoxy) is 1. The number of benzene rings is 2. The molecule has 148 valence electrons. The van der Waals surface area contributed by atoms with Gasteiger partial charge in [-0.15, -0.1) is 11.3 Å². The quantitative estimate of drug-likeness (QED) is 0.481. The van der Waals surface area contributed by atoms with Gasteiger partial charge in [0, 0.05) is 22.8 Å². The molecule has 0 radical (unpaired) electrons. The van der Waals surface area contributed by atoms with Gasteiger partial charge in [-0.3, -0.25) is 9.20 Å². The first-order valence-electron chi connectivity index (χ1n) is 8.54. The molecule has 0 aliphatic carbocycles. The van der Waals surface area contributed by atoms with Gasteiger partial charge < -0.3 is 10.1 Å². The third-order valence-corrected chi connectivity index (χ3v) is 5.03. The summed E-state index contributed by atoms with van der Waals surface area (Å²) in [6, 6.07) is 12.0. The Morgan fingerprint density at radius 3 is 2.69 bits per heavy atom. The number of thiazole rings is 1. The van der Waals surface area contributed by atoms with E-state index >= 15 is 0 Å². The third-order valence-electron chi connectivity index (χ3n) is 4.14. The van der Waals surface area contributed by atoms with Crippen molar-refractivity contribution in [1.82, 2.24) is 9.38 Å². The van der Waals surface area contributed by atoms with Crippen LogP contribution in [0.5, 0.6) is 5.75 Å². The van der Waals surface area contributed by atoms with Crippen LogP contribution < -0.4 is 10.1 Å². The zero-order valence-electron chi connectivity index (χ0n) is 14.8. The SMILES string of the molecule is O=C(Cc1csc2nc(-c3ccc(F)cc3)cn12)Nc1ccccc1OC(F)F. The predicted molar refractivity (Wildman–Crippen MR) is 104 cm³/mol. The van der Waals surface area contributed by atoms with Gasteiger partial charge in [-0.2, -0.15) is 8.78 Å². The minimum Gasteiger partial charge on any atom is -0.433 e. The van der Waals surface area contributed by atoms with Gasteiger partial charge in [-0.05, 0) is 36.4 Å². The maximum atomic E-state index is 13.1. The lowest BCUT2D eigenvalue weighted by atomic mass is 10.2. The van der Waals surface area contributed by atoms with E-state index in [1.165, 1.54) is 41.7 Å². The van der Waals surface area contributed by atoms with Crippen LogP contribution in [-0.2, 0) is 11.2 Å². The van der Waals surface area contributed by atoms with Crippen LogP contribution >= 0.6 is 11.3 Å². The molecule has 0 aliphatic rings. The lowest BCUT2D eigenvalue weighted by Crippen LogP contribution is -2.16. The fourth-order valence-electron chi connectivity index (χ4n) is 2.84. The van der Waals surface area contributed by atoms with Crippen molar-refractivity contribution in [3.05, 3.63) is 71.6 Å². The average Bonchev–Trinajstić information content (AvgIpc) is 3.26. The van der Waals surface area contributed by atoms with Crippen LogP contribution in [0.4, 0.5) is 18.9 Å². The number of halogens is 3. The first-order valence-corrected chi connectivity index (χ1v) is 9.42. The Bertz CT molecular complexity index is 1160. The second kappa shape index (κ2) is 7.96. The number of amides is 1. The summed E-state index contributed by atoms with van der Waals surface area (Å²) in [5, 5.41) is 4.40. The Morgan fingerprint density at radius 1 is 1.17 bits per heavy atom. The highest BCUT2D eigenvalue weighted by atomic mass is 32.1. The molecule has 4 aromatic rings. The lowest BCUT2D eigenvalue weighted by Gasteiger charge is -2.11. The molecule has 2 heterocycles. The van der Waals surface area contributed by atoms with E-state index in [0.29, 0.717) is 16.3 Å². The van der Waals surface area contributed by atoms with Gasteiger partial charge in [-0.25, -0.2) is 9.37 Å². The number of alkyl halides is 2. The number of carbonyl (C=O) groups is 1. The molecule has 4 rings (SSSR count). The fraction of sp³-hybridized carbons (Fsp3) is 0.100. The number of imidazole rings is 1. The zero-order valence-corrected chi connectivity index (χ0v) is 15.6. The molecule has 0 saturated carbocycles. The summed E-state index contributed by atoms with van der Waals surface area (Å²) in [6.45, 7) is -2.99. The maximum Gasteiger partial charge on any atom is 0.387 e. The molecule has 0 aliphatic heterocycles. The monoisotopic (exact) mass is 417 g/mol. The Kier molecular flexibility index (Phi) is 5.22. The van der Waals surface area contributed by atoms with Crippen molar-refractivity contribution in [3.63, 3.8) is 0 Å². The largest absolute Gasteiger partial charge is 0.433 e. The van der Waals surface area contributed by atoms with E-state index in [9.17, 15) is 18.0 Å². The predicted octanol–water partition coefficient (Wildman–Crippen LogP) is 4.98. The Morgan fingerprint density at radius 2 is 1.93 bits per heavy atom. The van der Waals surface area contributed by atoms with Gasteiger partial charge >= 0.3 is 6.61 Å². The highest BCUT2D eigenvalue weighted by Gasteiger charge is 2.15. The molecule has 29 heavy (non-hydrogen) atoms. The topological polar surface area (TPSA) is 55.6 Å². The minimum atomic E-state index is -2.99. The minimum absolute atomic E-state index is 0.0161. The van der Waals surface area contributed by atoms with Crippen LogP contribution in [0.1, 0.15) is 5.69 Å². The lowest BCUT2D eigenvalue weighted by molar-refractivity contribution is -0.115. The number of hydrogen-bond donors (Lipinski definition) is 1. The van der Waals surface area contributed by atoms with E-state index in [-0.39, 0.29) is 29.6 Å². The molecule has 1 amide bonds. The van der Waals surface area contributed by atoms with Gasteiger partial charge in [0.1, 0.15) is 11.6 Å². The van der Waals surface area contributed by atoms with Crippen LogP contribution in [-0.4, -0.2) is 21.9 Å². The molecule has 0 fully saturated rings. The first-order chi connectivity index (χ1) is 14.0. The van der Waals surface area contributed by atoms with Gasteiger partial charge in [0.25, 0.3) is 0 Å². The third kappa shape index (κ3) is 4.24. The van der Waals surface area contributed by atoms with Crippen molar-refractivity contribution >= 4 is 27.9 Å². The molecular formula is C20H14F3N3O2S. The molecule has 2 aromatic heterocycles. The highest BCUT2D eigenvalue weighted by molar-refractivity contribution is 7.15. The molecule has 9 heteroatoms. The summed E-state index contributed by atoms with van der Waals surface area (Å²) < 4.78 is 44.4. The Labute approximate surface area is 167 Å². The van der Waals surface area contributed by atoms with E-state index in [4.69, 9.17) is 0 Å². The van der Waals surface area contributed by atoms with Crippen molar-refractivity contribution < 1.29 is 22.7 Å². The second-order valence-corrected chi connectivity index (χ2v) is 6.95. The smallest absolute Gasteiger partial charge is 0.387 e. The van der Waals surface area contributed by atoms with Crippen LogP contribution in [0.2, 0.25) is 0 Å². The molecule has 0 bridgehead atoms. The van der Waals surface area contributed by atoms with E-state index in [1.807, 2.05) is 0 Å². The van der Waals surface area contributed by atoms with Crippen molar-refractivity contribution in [2.24, 2.45) is 0 Å². The summed E-state index contributed by atoms with van der Waals surface area (Å²) in [5.74, 6) is -0.817. The van der Waals surface area contributed by atoms with E-state index in [0.717, 1.165) is 5.56 Å². The number of aromatic nitrogens is 2. The van der Waals surface area contributed by atoms with Crippen LogP contribution in [0.15, 0.2) is 60.1 Å². The molecule has 0 saturated heterocycles. The van der Waals surface area contributed by atoms with Crippen molar-refractivity contribution in [2.75, 3.05) is 5.32 Å². The molecular weight excluding hydrogens is 403 g/mol. The number of fused-ring (bicyclic) bond motifs is 1. The Hall–Kier alpha value is -3.33. The zero-order chi connectivity index (χ0) is 20.4. The van der Waals surface area contributed by atoms with Gasteiger partial charge in [0.2, 0.25) is 5.91 Å². The average molecular weight is 417 g/mol. The number of nitrogens with zero attached hydrogens (tertiary/aromatic N) is 2. The summed E-state index contributed by atoms with van der Waals surface area (Å²) in [7, 11) is 0. The molecule has 0 unspecified atom stereocenters. The molecule has 5 nitrogen and oxygen atoms in total. The van der Waals surface area contributed by atoms with Crippen LogP contribution in [0.25, 0.3) is 16.2 Å². The van der Waals surface area contributed by atoms with Crippen molar-refractivity contribution in [1.29, 1.82) is 0 Å². The normalized spacial score (nSPS) is 11.2. The van der Waals surface area contributed by atoms with E-state index < -0.39 is 6.61 Å². The second-order valence-electron chi connectivity index (χ2n) is 6.11. The summed E-state index contributed by atoms with van der Waals surface area (Å²) in [5.41, 5.74) is 2.28. The molecule has 0 spiro atoms. The number of rotatable bonds is 6. The van der Waals surface area contributed by atoms with Crippen LogP contribution in [0.3, 0.4) is 0 Å². The van der Waals surface area contributed by atoms with E-state index in [1.54, 1.807) is 34.2 Å². The summed E-state index contributed by atoms with van der Waals surface area (Å²) in [4.78, 5) is 17.6.